The van der Waals surface area contributed by atoms with Gasteiger partial charge in [-0.2, -0.15) is 26.3 Å². The van der Waals surface area contributed by atoms with Gasteiger partial charge in [-0.1, -0.05) is 30.3 Å². The molecule has 2 aliphatic heterocycles. The topological polar surface area (TPSA) is 113 Å². The molecule has 2 amide bonds. The van der Waals surface area contributed by atoms with Crippen molar-refractivity contribution in [1.29, 1.82) is 0 Å². The molecule has 2 saturated heterocycles. The number of nitrogens with zero attached hydrogens (tertiary/aromatic N) is 1. The summed E-state index contributed by atoms with van der Waals surface area (Å²) in [5, 5.41) is 2.95. The maximum atomic E-state index is 14.1. The van der Waals surface area contributed by atoms with Gasteiger partial charge in [-0.3, -0.25) is 18.7 Å². The Bertz CT molecular complexity index is 1590. The molecular weight excluding hydrogens is 721 g/mol. The molecule has 1 N–H and O–H groups in total. The summed E-state index contributed by atoms with van der Waals surface area (Å²) in [5.41, 5.74) is -7.06. The Morgan fingerprint density at radius 2 is 1.44 bits per heavy atom. The summed E-state index contributed by atoms with van der Waals surface area (Å²) in [5.74, 6) is -0.224. The molecule has 2 fully saturated rings. The highest BCUT2D eigenvalue weighted by Gasteiger charge is 2.54. The van der Waals surface area contributed by atoms with Crippen molar-refractivity contribution in [2.45, 2.75) is 115 Å². The number of nitrogens with one attached hydrogen (secondary N) is 1. The molecule has 2 aliphatic rings. The van der Waals surface area contributed by atoms with Crippen molar-refractivity contribution in [1.82, 2.24) is 10.2 Å². The number of alkyl halides is 6. The van der Waals surface area contributed by atoms with Crippen molar-refractivity contribution in [2.75, 3.05) is 19.9 Å². The maximum Gasteiger partial charge on any atom is 0.478 e. The molecule has 0 bridgehead atoms. The van der Waals surface area contributed by atoms with Gasteiger partial charge in [0.1, 0.15) is 0 Å². The standard InChI is InChI=1S/C35H45F6N2O8P/c1-23(24-17-26(34(36,37)38)19-27(18-24)35(39,40)41)47-21-33(25-11-9-8-10-12-25)16-15-32(14-13-28(44)42-32)20-43(33)29(45)48-22-49-52(46,50-30(2,3)4)51-31(5,6)7/h8-12,17-19,23H,13-16,20-22H2,1-7H3,(H,42,44)/t23-,32-,33-/m1/s1. The lowest BCUT2D eigenvalue weighted by Gasteiger charge is -2.52. The van der Waals surface area contributed by atoms with Crippen LogP contribution in [0, 0.1) is 0 Å². The van der Waals surface area contributed by atoms with Gasteiger partial charge >= 0.3 is 26.3 Å². The largest absolute Gasteiger partial charge is 0.478 e. The summed E-state index contributed by atoms with van der Waals surface area (Å²) >= 11 is 0. The van der Waals surface area contributed by atoms with Crippen molar-refractivity contribution in [3.05, 3.63) is 70.8 Å². The van der Waals surface area contributed by atoms with Gasteiger partial charge in [-0.05, 0) is 97.1 Å². The van der Waals surface area contributed by atoms with Gasteiger partial charge < -0.3 is 14.8 Å². The number of rotatable bonds is 10. The summed E-state index contributed by atoms with van der Waals surface area (Å²) in [6.45, 7) is 9.70. The van der Waals surface area contributed by atoms with E-state index >= 15 is 0 Å². The van der Waals surface area contributed by atoms with Crippen LogP contribution in [0.2, 0.25) is 0 Å². The minimum atomic E-state index is -5.06. The number of hydrogen-bond acceptors (Lipinski definition) is 8. The summed E-state index contributed by atoms with van der Waals surface area (Å²) in [6.07, 6.45) is -11.3. The van der Waals surface area contributed by atoms with E-state index in [0.717, 1.165) is 0 Å². The molecule has 3 atom stereocenters. The zero-order valence-electron chi connectivity index (χ0n) is 30.1. The number of piperidine rings is 1. The molecule has 0 radical (unpaired) electrons. The van der Waals surface area contributed by atoms with Crippen LogP contribution in [-0.4, -0.2) is 53.6 Å². The molecule has 0 aromatic heterocycles. The van der Waals surface area contributed by atoms with Crippen LogP contribution in [-0.2, 0) is 50.3 Å². The summed E-state index contributed by atoms with van der Waals surface area (Å²) in [7, 11) is -4.31. The van der Waals surface area contributed by atoms with E-state index in [9.17, 15) is 40.5 Å². The molecular formula is C35H45F6N2O8P. The number of ether oxygens (including phenoxy) is 2. The number of carbonyl (C=O) groups excluding carboxylic acids is 2. The molecule has 4 rings (SSSR count). The van der Waals surface area contributed by atoms with E-state index in [-0.39, 0.29) is 36.9 Å². The first-order valence-electron chi connectivity index (χ1n) is 16.6. The highest BCUT2D eigenvalue weighted by atomic mass is 31.2. The Hall–Kier alpha value is -3.17. The molecule has 17 heteroatoms. The number of phosphoric acid groups is 1. The number of hydrogen-bond donors (Lipinski definition) is 1. The third kappa shape index (κ3) is 10.5. The Labute approximate surface area is 299 Å². The molecule has 0 saturated carbocycles. The molecule has 0 unspecified atom stereocenters. The predicted octanol–water partition coefficient (Wildman–Crippen LogP) is 9.29. The fourth-order valence-corrected chi connectivity index (χ4v) is 7.92. The summed E-state index contributed by atoms with van der Waals surface area (Å²) < 4.78 is 124. The Morgan fingerprint density at radius 3 is 1.92 bits per heavy atom. The van der Waals surface area contributed by atoms with E-state index in [1.54, 1.807) is 71.9 Å². The zero-order valence-corrected chi connectivity index (χ0v) is 31.0. The van der Waals surface area contributed by atoms with Gasteiger partial charge in [-0.15, -0.1) is 0 Å². The lowest BCUT2D eigenvalue weighted by molar-refractivity contribution is -0.143. The number of amides is 2. The molecule has 290 valence electrons. The molecule has 2 aromatic carbocycles. The zero-order chi connectivity index (χ0) is 39.0. The van der Waals surface area contributed by atoms with Gasteiger partial charge in [0.2, 0.25) is 12.7 Å². The lowest BCUT2D eigenvalue weighted by atomic mass is 9.74. The molecule has 1 spiro atoms. The average Bonchev–Trinajstić information content (AvgIpc) is 3.37. The quantitative estimate of drug-likeness (QED) is 0.145. The first-order valence-corrected chi connectivity index (χ1v) is 18.1. The highest BCUT2D eigenvalue weighted by Crippen LogP contribution is 2.55. The van der Waals surface area contributed by atoms with Gasteiger partial charge in [0.15, 0.2) is 0 Å². The second kappa shape index (κ2) is 14.9. The van der Waals surface area contributed by atoms with Crippen molar-refractivity contribution >= 4 is 19.8 Å². The van der Waals surface area contributed by atoms with E-state index in [1.165, 1.54) is 11.8 Å². The lowest BCUT2D eigenvalue weighted by Crippen LogP contribution is -2.65. The Balaban J connectivity index is 1.69. The van der Waals surface area contributed by atoms with E-state index < -0.39 is 79.2 Å². The number of benzene rings is 2. The molecule has 0 aliphatic carbocycles. The molecule has 52 heavy (non-hydrogen) atoms. The van der Waals surface area contributed by atoms with Crippen molar-refractivity contribution in [3.63, 3.8) is 0 Å². The van der Waals surface area contributed by atoms with Crippen molar-refractivity contribution < 1.29 is 63.5 Å². The first-order chi connectivity index (χ1) is 23.7. The van der Waals surface area contributed by atoms with Crippen LogP contribution in [0.15, 0.2) is 48.5 Å². The van der Waals surface area contributed by atoms with Gasteiger partial charge in [0, 0.05) is 13.0 Å². The van der Waals surface area contributed by atoms with Crippen LogP contribution in [0.1, 0.15) is 103 Å². The first kappa shape index (κ1) is 41.6. The summed E-state index contributed by atoms with van der Waals surface area (Å²) in [4.78, 5) is 27.8. The minimum Gasteiger partial charge on any atom is -0.422 e. The van der Waals surface area contributed by atoms with E-state index in [0.29, 0.717) is 30.5 Å². The number of carbonyl (C=O) groups is 2. The summed E-state index contributed by atoms with van der Waals surface area (Å²) in [6, 6.07) is 9.75. The normalized spacial score (nSPS) is 22.4. The van der Waals surface area contributed by atoms with E-state index in [4.69, 9.17) is 23.0 Å². The van der Waals surface area contributed by atoms with Crippen LogP contribution >= 0.6 is 7.82 Å². The smallest absolute Gasteiger partial charge is 0.422 e. The number of phosphoric ester groups is 1. The fraction of sp³-hybridized carbons (Fsp3) is 0.600. The Kier molecular flexibility index (Phi) is 11.9. The number of likely N-dealkylation sites (tertiary alicyclic amines) is 1. The minimum absolute atomic E-state index is 0.0376. The maximum absolute atomic E-state index is 14.1. The second-order valence-electron chi connectivity index (χ2n) is 15.1. The third-order valence-corrected chi connectivity index (χ3v) is 10.5. The van der Waals surface area contributed by atoms with Gasteiger partial charge in [0.05, 0.1) is 46.1 Å². The van der Waals surface area contributed by atoms with E-state index in [2.05, 4.69) is 5.32 Å². The van der Waals surface area contributed by atoms with Gasteiger partial charge in [-0.25, -0.2) is 13.9 Å². The van der Waals surface area contributed by atoms with Crippen LogP contribution in [0.25, 0.3) is 0 Å². The van der Waals surface area contributed by atoms with Crippen molar-refractivity contribution in [2.24, 2.45) is 0 Å². The predicted molar refractivity (Wildman–Crippen MR) is 177 cm³/mol. The second-order valence-corrected chi connectivity index (χ2v) is 16.6. The Morgan fingerprint density at radius 1 is 0.885 bits per heavy atom. The van der Waals surface area contributed by atoms with Crippen LogP contribution in [0.5, 0.6) is 0 Å². The SMILES string of the molecule is C[C@@H](OC[C@@]1(c2ccccc2)CC[C@]2(CCC(=O)N2)CN1C(=O)OCOP(=O)(OC(C)(C)C)OC(C)(C)C)c1cc(C(F)(F)F)cc(C(F)(F)F)c1. The van der Waals surface area contributed by atoms with Crippen LogP contribution in [0.3, 0.4) is 0 Å². The monoisotopic (exact) mass is 766 g/mol. The number of halogens is 6. The fourth-order valence-electron chi connectivity index (χ4n) is 6.25. The molecule has 2 heterocycles. The van der Waals surface area contributed by atoms with Gasteiger partial charge in [0.25, 0.3) is 0 Å². The van der Waals surface area contributed by atoms with Crippen LogP contribution in [0.4, 0.5) is 31.1 Å². The highest BCUT2D eigenvalue weighted by molar-refractivity contribution is 7.48. The third-order valence-electron chi connectivity index (χ3n) is 8.58. The average molecular weight is 767 g/mol. The molecule has 2 aromatic rings. The van der Waals surface area contributed by atoms with E-state index in [1.807, 2.05) is 0 Å². The van der Waals surface area contributed by atoms with Crippen LogP contribution < -0.4 is 5.32 Å². The van der Waals surface area contributed by atoms with Crippen molar-refractivity contribution in [3.8, 4) is 0 Å². The molecule has 10 nitrogen and oxygen atoms in total.